The molecule has 2 aromatic rings. The number of halogens is 1. The van der Waals surface area contributed by atoms with Gasteiger partial charge in [-0.2, -0.15) is 4.31 Å². The number of rotatable bonds is 4. The molecule has 3 heterocycles. The van der Waals surface area contributed by atoms with E-state index in [0.717, 1.165) is 17.7 Å². The summed E-state index contributed by atoms with van der Waals surface area (Å²) < 4.78 is 33.7. The van der Waals surface area contributed by atoms with E-state index in [1.54, 1.807) is 17.4 Å². The highest BCUT2D eigenvalue weighted by atomic mass is 35.5. The van der Waals surface area contributed by atoms with E-state index in [-0.39, 0.29) is 47.2 Å². The van der Waals surface area contributed by atoms with Crippen molar-refractivity contribution in [2.45, 2.75) is 49.8 Å². The van der Waals surface area contributed by atoms with Crippen LogP contribution in [0.1, 0.15) is 48.0 Å². The largest absolute Gasteiger partial charge is 0.373 e. The maximum absolute atomic E-state index is 13.3. The molecular formula is C21H25ClN2O4S2. The summed E-state index contributed by atoms with van der Waals surface area (Å²) in [4.78, 5) is 16.2. The van der Waals surface area contributed by atoms with Gasteiger partial charge in [0.15, 0.2) is 0 Å². The first kappa shape index (κ1) is 21.8. The highest BCUT2D eigenvalue weighted by molar-refractivity contribution is 7.89. The monoisotopic (exact) mass is 468 g/mol. The van der Waals surface area contributed by atoms with Gasteiger partial charge in [-0.3, -0.25) is 4.79 Å². The second-order valence-electron chi connectivity index (χ2n) is 7.90. The first-order chi connectivity index (χ1) is 14.3. The minimum absolute atomic E-state index is 0.0248. The molecule has 0 saturated carbocycles. The Morgan fingerprint density at radius 2 is 1.93 bits per heavy atom. The van der Waals surface area contributed by atoms with Gasteiger partial charge in [0.2, 0.25) is 10.0 Å². The standard InChI is InChI=1S/C21H25ClN2O4S2/c1-14-12-23(13-15(2)28-14)30(26,27)20-11-16(7-8-17(20)22)21(25)24-9-3-5-18(24)19-6-4-10-29-19/h4,6-8,10-11,14-15,18H,3,5,9,12-13H2,1-2H3. The van der Waals surface area contributed by atoms with Crippen LogP contribution >= 0.6 is 22.9 Å². The lowest BCUT2D eigenvalue weighted by Gasteiger charge is -2.34. The van der Waals surface area contributed by atoms with Crippen molar-refractivity contribution in [3.63, 3.8) is 0 Å². The molecule has 2 fully saturated rings. The Morgan fingerprint density at radius 3 is 2.60 bits per heavy atom. The molecule has 0 bridgehead atoms. The maximum atomic E-state index is 13.3. The molecule has 1 aromatic heterocycles. The Kier molecular flexibility index (Phi) is 6.23. The van der Waals surface area contributed by atoms with Gasteiger partial charge in [0.1, 0.15) is 4.90 Å². The average Bonchev–Trinajstić information content (AvgIpc) is 3.38. The van der Waals surface area contributed by atoms with E-state index in [1.807, 2.05) is 36.3 Å². The predicted octanol–water partition coefficient (Wildman–Crippen LogP) is 4.18. The van der Waals surface area contributed by atoms with Crippen LogP contribution in [0.15, 0.2) is 40.6 Å². The summed E-state index contributed by atoms with van der Waals surface area (Å²) >= 11 is 7.92. The molecule has 30 heavy (non-hydrogen) atoms. The van der Waals surface area contributed by atoms with Crippen LogP contribution in [0, 0.1) is 0 Å². The van der Waals surface area contributed by atoms with Crippen LogP contribution in [-0.2, 0) is 14.8 Å². The summed E-state index contributed by atoms with van der Waals surface area (Å²) in [6.45, 7) is 4.86. The van der Waals surface area contributed by atoms with E-state index in [0.29, 0.717) is 12.1 Å². The van der Waals surface area contributed by atoms with Crippen molar-refractivity contribution in [1.82, 2.24) is 9.21 Å². The lowest BCUT2D eigenvalue weighted by Crippen LogP contribution is -2.48. The summed E-state index contributed by atoms with van der Waals surface area (Å²) in [5.41, 5.74) is 0.343. The number of benzene rings is 1. The van der Waals surface area contributed by atoms with Crippen molar-refractivity contribution >= 4 is 38.9 Å². The molecule has 0 radical (unpaired) electrons. The van der Waals surface area contributed by atoms with E-state index in [2.05, 4.69) is 0 Å². The SMILES string of the molecule is CC1CN(S(=O)(=O)c2cc(C(=O)N3CCCC3c3cccs3)ccc2Cl)CC(C)O1. The average molecular weight is 469 g/mol. The summed E-state index contributed by atoms with van der Waals surface area (Å²) in [5.74, 6) is -0.164. The van der Waals surface area contributed by atoms with Crippen LogP contribution < -0.4 is 0 Å². The molecule has 2 aliphatic rings. The summed E-state index contributed by atoms with van der Waals surface area (Å²) in [6.07, 6.45) is 1.43. The van der Waals surface area contributed by atoms with E-state index >= 15 is 0 Å². The zero-order valence-corrected chi connectivity index (χ0v) is 19.3. The van der Waals surface area contributed by atoms with Crippen molar-refractivity contribution in [3.8, 4) is 0 Å². The fourth-order valence-electron chi connectivity index (χ4n) is 4.25. The third-order valence-electron chi connectivity index (χ3n) is 5.57. The molecule has 9 heteroatoms. The van der Waals surface area contributed by atoms with Crippen LogP contribution in [0.25, 0.3) is 0 Å². The maximum Gasteiger partial charge on any atom is 0.254 e. The summed E-state index contributed by atoms with van der Waals surface area (Å²) in [6, 6.07) is 8.60. The number of hydrogen-bond acceptors (Lipinski definition) is 5. The molecule has 1 amide bonds. The van der Waals surface area contributed by atoms with E-state index < -0.39 is 10.0 Å². The molecule has 6 nitrogen and oxygen atoms in total. The molecule has 2 aliphatic heterocycles. The Bertz CT molecular complexity index is 1020. The molecule has 0 N–H and O–H groups in total. The lowest BCUT2D eigenvalue weighted by atomic mass is 10.1. The summed E-state index contributed by atoms with van der Waals surface area (Å²) in [5, 5.41) is 2.13. The molecule has 0 spiro atoms. The first-order valence-electron chi connectivity index (χ1n) is 10.1. The van der Waals surface area contributed by atoms with Crippen LogP contribution in [0.2, 0.25) is 5.02 Å². The fourth-order valence-corrected chi connectivity index (χ4v) is 7.22. The minimum atomic E-state index is -3.84. The second kappa shape index (κ2) is 8.59. The van der Waals surface area contributed by atoms with Crippen LogP contribution in [-0.4, -0.2) is 55.4 Å². The molecule has 2 saturated heterocycles. The normalized spacial score (nSPS) is 25.6. The lowest BCUT2D eigenvalue weighted by molar-refractivity contribution is -0.0440. The van der Waals surface area contributed by atoms with Gasteiger partial charge < -0.3 is 9.64 Å². The van der Waals surface area contributed by atoms with Crippen molar-refractivity contribution in [2.75, 3.05) is 19.6 Å². The van der Waals surface area contributed by atoms with Crippen LogP contribution in [0.5, 0.6) is 0 Å². The van der Waals surface area contributed by atoms with Crippen molar-refractivity contribution < 1.29 is 17.9 Å². The van der Waals surface area contributed by atoms with Gasteiger partial charge in [-0.25, -0.2) is 8.42 Å². The number of carbonyl (C=O) groups excluding carboxylic acids is 1. The number of morpholine rings is 1. The van der Waals surface area contributed by atoms with Crippen molar-refractivity contribution in [2.24, 2.45) is 0 Å². The number of likely N-dealkylation sites (tertiary alicyclic amines) is 1. The Balaban J connectivity index is 1.64. The number of nitrogens with zero attached hydrogens (tertiary/aromatic N) is 2. The number of amides is 1. The molecule has 162 valence electrons. The topological polar surface area (TPSA) is 66.9 Å². The van der Waals surface area contributed by atoms with E-state index in [1.165, 1.54) is 16.4 Å². The quantitative estimate of drug-likeness (QED) is 0.675. The van der Waals surface area contributed by atoms with Gasteiger partial charge in [0.25, 0.3) is 5.91 Å². The molecule has 1 aromatic carbocycles. The number of hydrogen-bond donors (Lipinski definition) is 0. The Labute approximate surface area is 186 Å². The van der Waals surface area contributed by atoms with E-state index in [9.17, 15) is 13.2 Å². The molecule has 4 rings (SSSR count). The molecular weight excluding hydrogens is 444 g/mol. The highest BCUT2D eigenvalue weighted by Crippen LogP contribution is 2.36. The fraction of sp³-hybridized carbons (Fsp3) is 0.476. The van der Waals surface area contributed by atoms with Gasteiger partial charge in [-0.1, -0.05) is 17.7 Å². The predicted molar refractivity (Wildman–Crippen MR) is 118 cm³/mol. The molecule has 3 atom stereocenters. The smallest absolute Gasteiger partial charge is 0.254 e. The Hall–Kier alpha value is -1.45. The second-order valence-corrected chi connectivity index (χ2v) is 11.2. The van der Waals surface area contributed by atoms with Crippen molar-refractivity contribution in [3.05, 3.63) is 51.2 Å². The molecule has 3 unspecified atom stereocenters. The first-order valence-corrected chi connectivity index (χ1v) is 12.8. The summed E-state index contributed by atoms with van der Waals surface area (Å²) in [7, 11) is -3.84. The number of sulfonamides is 1. The number of ether oxygens (including phenoxy) is 1. The van der Waals surface area contributed by atoms with Crippen molar-refractivity contribution in [1.29, 1.82) is 0 Å². The van der Waals surface area contributed by atoms with Gasteiger partial charge in [0.05, 0.1) is 23.3 Å². The van der Waals surface area contributed by atoms with Gasteiger partial charge >= 0.3 is 0 Å². The zero-order valence-electron chi connectivity index (χ0n) is 17.0. The highest BCUT2D eigenvalue weighted by Gasteiger charge is 2.35. The van der Waals surface area contributed by atoms with Gasteiger partial charge in [-0.05, 0) is 56.3 Å². The van der Waals surface area contributed by atoms with Crippen LogP contribution in [0.3, 0.4) is 0 Å². The number of thiophene rings is 1. The third kappa shape index (κ3) is 4.16. The number of carbonyl (C=O) groups is 1. The zero-order chi connectivity index (χ0) is 21.5. The minimum Gasteiger partial charge on any atom is -0.373 e. The van der Waals surface area contributed by atoms with Crippen LogP contribution in [0.4, 0.5) is 0 Å². The Morgan fingerprint density at radius 1 is 1.20 bits per heavy atom. The van der Waals surface area contributed by atoms with E-state index in [4.69, 9.17) is 16.3 Å². The van der Waals surface area contributed by atoms with Gasteiger partial charge in [-0.15, -0.1) is 11.3 Å². The molecule has 0 aliphatic carbocycles. The third-order valence-corrected chi connectivity index (χ3v) is 8.85. The van der Waals surface area contributed by atoms with Gasteiger partial charge in [0, 0.05) is 30.1 Å².